The van der Waals surface area contributed by atoms with Crippen molar-refractivity contribution in [3.8, 4) is 0 Å². The van der Waals surface area contributed by atoms with Gasteiger partial charge in [-0.1, -0.05) is 13.8 Å². The Morgan fingerprint density at radius 3 is 1.87 bits per heavy atom. The van der Waals surface area contributed by atoms with E-state index in [1.54, 1.807) is 29.2 Å². The van der Waals surface area contributed by atoms with E-state index in [9.17, 15) is 9.59 Å². The Hall–Kier alpha value is -1.88. The summed E-state index contributed by atoms with van der Waals surface area (Å²) in [4.78, 5) is 26.4. The minimum atomic E-state index is -0.368. The number of hydrogen-bond donors (Lipinski definition) is 2. The van der Waals surface area contributed by atoms with Gasteiger partial charge in [-0.25, -0.2) is 0 Å². The van der Waals surface area contributed by atoms with Gasteiger partial charge in [0.1, 0.15) is 0 Å². The van der Waals surface area contributed by atoms with Crippen LogP contribution in [0.3, 0.4) is 0 Å². The van der Waals surface area contributed by atoms with Crippen LogP contribution in [0.4, 0.5) is 0 Å². The molecule has 0 saturated heterocycles. The molecular formula is C18H29N3O2. The lowest BCUT2D eigenvalue weighted by atomic mass is 9.92. The van der Waals surface area contributed by atoms with Gasteiger partial charge >= 0.3 is 0 Å². The third-order valence-electron chi connectivity index (χ3n) is 4.57. The second kappa shape index (κ2) is 8.67. The van der Waals surface area contributed by atoms with E-state index in [-0.39, 0.29) is 17.4 Å². The molecule has 0 aliphatic heterocycles. The maximum absolute atomic E-state index is 12.4. The zero-order chi connectivity index (χ0) is 17.5. The van der Waals surface area contributed by atoms with Crippen LogP contribution in [-0.4, -0.2) is 41.9 Å². The predicted octanol–water partition coefficient (Wildman–Crippen LogP) is 2.42. The molecule has 0 atom stereocenters. The minimum absolute atomic E-state index is 0.0135. The van der Waals surface area contributed by atoms with Gasteiger partial charge in [-0.15, -0.1) is 0 Å². The minimum Gasteiger partial charge on any atom is -0.345 e. The van der Waals surface area contributed by atoms with Crippen LogP contribution >= 0.6 is 0 Å². The Kier molecular flexibility index (Phi) is 7.23. The number of nitrogens with one attached hydrogen (secondary N) is 1. The lowest BCUT2D eigenvalue weighted by Gasteiger charge is -2.31. The Bertz CT molecular complexity index is 509. The van der Waals surface area contributed by atoms with Crippen molar-refractivity contribution in [2.45, 2.75) is 46.1 Å². The van der Waals surface area contributed by atoms with E-state index in [1.165, 1.54) is 0 Å². The van der Waals surface area contributed by atoms with Crippen LogP contribution in [0.5, 0.6) is 0 Å². The molecule has 1 aromatic carbocycles. The van der Waals surface area contributed by atoms with Crippen molar-refractivity contribution in [2.24, 2.45) is 5.73 Å². The monoisotopic (exact) mass is 319 g/mol. The maximum Gasteiger partial charge on any atom is 0.253 e. The smallest absolute Gasteiger partial charge is 0.253 e. The number of carbonyl (C=O) groups is 2. The van der Waals surface area contributed by atoms with Crippen LogP contribution in [0.15, 0.2) is 24.3 Å². The summed E-state index contributed by atoms with van der Waals surface area (Å²) in [5.74, 6) is -0.165. The Morgan fingerprint density at radius 2 is 1.48 bits per heavy atom. The van der Waals surface area contributed by atoms with E-state index in [0.717, 1.165) is 12.8 Å². The Balaban J connectivity index is 2.88. The summed E-state index contributed by atoms with van der Waals surface area (Å²) in [6.07, 6.45) is 1.56. The average Bonchev–Trinajstić information content (AvgIpc) is 2.60. The van der Waals surface area contributed by atoms with Crippen LogP contribution in [0.25, 0.3) is 0 Å². The topological polar surface area (TPSA) is 75.4 Å². The van der Waals surface area contributed by atoms with Gasteiger partial charge in [-0.05, 0) is 51.0 Å². The van der Waals surface area contributed by atoms with Crippen LogP contribution in [0, 0.1) is 0 Å². The van der Waals surface area contributed by atoms with E-state index in [1.807, 2.05) is 27.7 Å². The molecular weight excluding hydrogens is 290 g/mol. The molecule has 3 N–H and O–H groups in total. The van der Waals surface area contributed by atoms with Crippen LogP contribution in [0.1, 0.15) is 61.3 Å². The van der Waals surface area contributed by atoms with E-state index >= 15 is 0 Å². The fourth-order valence-electron chi connectivity index (χ4n) is 2.54. The molecule has 0 unspecified atom stereocenters. The van der Waals surface area contributed by atoms with Gasteiger partial charge in [0.25, 0.3) is 11.8 Å². The summed E-state index contributed by atoms with van der Waals surface area (Å²) in [6.45, 7) is 9.68. The standard InChI is InChI=1S/C18H29N3O2/c1-5-18(6-2,13-19)20-16(22)14-9-11-15(12-10-14)17(23)21(7-3)8-4/h9-12H,5-8,13,19H2,1-4H3,(H,20,22). The fraction of sp³-hybridized carbons (Fsp3) is 0.556. The van der Waals surface area contributed by atoms with Gasteiger partial charge in [0.15, 0.2) is 0 Å². The van der Waals surface area contributed by atoms with E-state index in [2.05, 4.69) is 5.32 Å². The quantitative estimate of drug-likeness (QED) is 0.772. The first-order valence-electron chi connectivity index (χ1n) is 8.38. The molecule has 0 saturated carbocycles. The number of benzene rings is 1. The molecule has 1 aromatic rings. The molecule has 0 heterocycles. The average molecular weight is 319 g/mol. The number of hydrogen-bond acceptors (Lipinski definition) is 3. The van der Waals surface area contributed by atoms with Crippen molar-refractivity contribution in [1.29, 1.82) is 0 Å². The molecule has 0 spiro atoms. The zero-order valence-electron chi connectivity index (χ0n) is 14.7. The van der Waals surface area contributed by atoms with Gasteiger partial charge in [-0.3, -0.25) is 9.59 Å². The van der Waals surface area contributed by atoms with E-state index in [4.69, 9.17) is 5.73 Å². The lowest BCUT2D eigenvalue weighted by molar-refractivity contribution is 0.0772. The number of amides is 2. The first-order chi connectivity index (χ1) is 11.0. The van der Waals surface area contributed by atoms with Gasteiger partial charge in [-0.2, -0.15) is 0 Å². The highest BCUT2D eigenvalue weighted by atomic mass is 16.2. The highest BCUT2D eigenvalue weighted by molar-refractivity contribution is 5.98. The van der Waals surface area contributed by atoms with Crippen molar-refractivity contribution < 1.29 is 9.59 Å². The summed E-state index contributed by atoms with van der Waals surface area (Å²) in [5.41, 5.74) is 6.59. The first-order valence-corrected chi connectivity index (χ1v) is 8.38. The molecule has 2 amide bonds. The highest BCUT2D eigenvalue weighted by Gasteiger charge is 2.26. The summed E-state index contributed by atoms with van der Waals surface area (Å²) in [7, 11) is 0. The second-order valence-electron chi connectivity index (χ2n) is 5.70. The summed E-state index contributed by atoms with van der Waals surface area (Å²) < 4.78 is 0. The maximum atomic E-state index is 12.4. The van der Waals surface area contributed by atoms with Crippen LogP contribution in [0.2, 0.25) is 0 Å². The van der Waals surface area contributed by atoms with Crippen molar-refractivity contribution in [2.75, 3.05) is 19.6 Å². The molecule has 0 aromatic heterocycles. The summed E-state index contributed by atoms with van der Waals surface area (Å²) in [6, 6.07) is 6.80. The predicted molar refractivity (Wildman–Crippen MR) is 93.5 cm³/mol. The number of nitrogens with zero attached hydrogens (tertiary/aromatic N) is 1. The van der Waals surface area contributed by atoms with Gasteiger partial charge < -0.3 is 16.0 Å². The Morgan fingerprint density at radius 1 is 1.00 bits per heavy atom. The molecule has 0 bridgehead atoms. The SMILES string of the molecule is CCN(CC)C(=O)c1ccc(C(=O)NC(CC)(CC)CN)cc1. The molecule has 0 aliphatic rings. The molecule has 128 valence electrons. The molecule has 0 fully saturated rings. The largest absolute Gasteiger partial charge is 0.345 e. The van der Waals surface area contributed by atoms with Crippen molar-refractivity contribution in [3.63, 3.8) is 0 Å². The first kappa shape index (κ1) is 19.2. The van der Waals surface area contributed by atoms with Crippen molar-refractivity contribution in [3.05, 3.63) is 35.4 Å². The van der Waals surface area contributed by atoms with Gasteiger partial charge in [0.2, 0.25) is 0 Å². The Labute approximate surface area is 139 Å². The second-order valence-corrected chi connectivity index (χ2v) is 5.70. The van der Waals surface area contributed by atoms with Crippen LogP contribution < -0.4 is 11.1 Å². The van der Waals surface area contributed by atoms with Crippen molar-refractivity contribution in [1.82, 2.24) is 10.2 Å². The number of carbonyl (C=O) groups excluding carboxylic acids is 2. The zero-order valence-corrected chi connectivity index (χ0v) is 14.7. The van der Waals surface area contributed by atoms with Crippen LogP contribution in [-0.2, 0) is 0 Å². The third-order valence-corrected chi connectivity index (χ3v) is 4.57. The fourth-order valence-corrected chi connectivity index (χ4v) is 2.54. The molecule has 0 aliphatic carbocycles. The summed E-state index contributed by atoms with van der Waals surface area (Å²) >= 11 is 0. The van der Waals surface area contributed by atoms with Gasteiger partial charge in [0.05, 0.1) is 5.54 Å². The molecule has 0 radical (unpaired) electrons. The molecule has 23 heavy (non-hydrogen) atoms. The van der Waals surface area contributed by atoms with E-state index < -0.39 is 0 Å². The molecule has 5 heteroatoms. The number of nitrogens with two attached hydrogens (primary N) is 1. The summed E-state index contributed by atoms with van der Waals surface area (Å²) in [5, 5.41) is 3.03. The van der Waals surface area contributed by atoms with Crippen molar-refractivity contribution >= 4 is 11.8 Å². The number of rotatable bonds is 8. The lowest BCUT2D eigenvalue weighted by Crippen LogP contribution is -2.52. The van der Waals surface area contributed by atoms with E-state index in [0.29, 0.717) is 30.8 Å². The molecule has 1 rings (SSSR count). The highest BCUT2D eigenvalue weighted by Crippen LogP contribution is 2.15. The van der Waals surface area contributed by atoms with Gasteiger partial charge in [0, 0.05) is 30.8 Å². The normalized spacial score (nSPS) is 11.2. The third kappa shape index (κ3) is 4.55. The molecule has 5 nitrogen and oxygen atoms in total.